The molecule has 2 aliphatic rings. The lowest BCUT2D eigenvalue weighted by Crippen LogP contribution is -2.51. The number of alkyl halides is 3. The predicted octanol–water partition coefficient (Wildman–Crippen LogP) is 2.20. The van der Waals surface area contributed by atoms with E-state index in [4.69, 9.17) is 5.73 Å². The highest BCUT2D eigenvalue weighted by Crippen LogP contribution is 2.41. The highest BCUT2D eigenvalue weighted by Gasteiger charge is 2.47. The Kier molecular flexibility index (Phi) is 5.99. The Balaban J connectivity index is 1.73. The Labute approximate surface area is 168 Å². The van der Waals surface area contributed by atoms with Crippen LogP contribution in [0.15, 0.2) is 29.2 Å². The molecule has 1 heterocycles. The standard InChI is InChI=1S/C19H26F3N3O3S/c1-11(2)17(18(23)26)24-16-8-3-12-9-25(10-15(12)16)29(27,28)14-6-4-13(5-7-14)19(20,21)22/h4-7,11-12,15-17,24H,3,8-10H2,1-2H3,(H2,23,26)/t12-,15+,16+,17+/m1/s1. The van der Waals surface area contributed by atoms with E-state index in [0.29, 0.717) is 6.54 Å². The minimum absolute atomic E-state index is 0.0138. The summed E-state index contributed by atoms with van der Waals surface area (Å²) < 4.78 is 65.4. The summed E-state index contributed by atoms with van der Waals surface area (Å²) in [5.74, 6) is -0.229. The van der Waals surface area contributed by atoms with Gasteiger partial charge in [-0.25, -0.2) is 8.42 Å². The number of primary amides is 1. The number of nitrogens with one attached hydrogen (secondary N) is 1. The van der Waals surface area contributed by atoms with Crippen LogP contribution in [-0.2, 0) is 21.0 Å². The lowest BCUT2D eigenvalue weighted by atomic mass is 9.95. The van der Waals surface area contributed by atoms with Gasteiger partial charge in [-0.05, 0) is 54.9 Å². The number of carbonyl (C=O) groups is 1. The third-order valence-corrected chi connectivity index (χ3v) is 7.86. The molecule has 3 N–H and O–H groups in total. The van der Waals surface area contributed by atoms with Crippen LogP contribution in [0.25, 0.3) is 0 Å². The molecule has 2 fully saturated rings. The number of fused-ring (bicyclic) bond motifs is 1. The molecule has 1 aliphatic carbocycles. The van der Waals surface area contributed by atoms with Gasteiger partial charge in [0.15, 0.2) is 0 Å². The zero-order valence-corrected chi connectivity index (χ0v) is 17.1. The Bertz CT molecular complexity index is 856. The van der Waals surface area contributed by atoms with Crippen molar-refractivity contribution in [1.82, 2.24) is 9.62 Å². The maximum absolute atomic E-state index is 12.9. The Hall–Kier alpha value is -1.65. The number of amides is 1. The van der Waals surface area contributed by atoms with E-state index in [2.05, 4.69) is 5.32 Å². The van der Waals surface area contributed by atoms with Gasteiger partial charge in [0.1, 0.15) is 0 Å². The van der Waals surface area contributed by atoms with Crippen molar-refractivity contribution in [1.29, 1.82) is 0 Å². The first-order valence-corrected chi connectivity index (χ1v) is 11.1. The number of nitrogens with two attached hydrogens (primary N) is 1. The third kappa shape index (κ3) is 4.44. The van der Waals surface area contributed by atoms with Crippen molar-refractivity contribution in [3.8, 4) is 0 Å². The second-order valence-corrected chi connectivity index (χ2v) is 10.2. The molecule has 1 aromatic carbocycles. The van der Waals surface area contributed by atoms with E-state index in [1.807, 2.05) is 13.8 Å². The van der Waals surface area contributed by atoms with E-state index in [1.54, 1.807) is 0 Å². The molecule has 1 saturated heterocycles. The van der Waals surface area contributed by atoms with Crippen LogP contribution < -0.4 is 11.1 Å². The molecule has 29 heavy (non-hydrogen) atoms. The van der Waals surface area contributed by atoms with E-state index in [0.717, 1.165) is 37.1 Å². The Morgan fingerprint density at radius 3 is 2.31 bits per heavy atom. The minimum atomic E-state index is -4.51. The van der Waals surface area contributed by atoms with Crippen molar-refractivity contribution in [2.24, 2.45) is 23.5 Å². The monoisotopic (exact) mass is 433 g/mol. The zero-order chi connectivity index (χ0) is 21.6. The van der Waals surface area contributed by atoms with E-state index in [-0.39, 0.29) is 35.2 Å². The molecule has 1 amide bonds. The number of nitrogens with zero attached hydrogens (tertiary/aromatic N) is 1. The normalized spacial score (nSPS) is 26.6. The smallest absolute Gasteiger partial charge is 0.368 e. The summed E-state index contributed by atoms with van der Waals surface area (Å²) in [6, 6.07) is 3.07. The molecule has 0 bridgehead atoms. The van der Waals surface area contributed by atoms with Crippen molar-refractivity contribution < 1.29 is 26.4 Å². The summed E-state index contributed by atoms with van der Waals surface area (Å²) in [7, 11) is -3.88. The molecule has 6 nitrogen and oxygen atoms in total. The minimum Gasteiger partial charge on any atom is -0.368 e. The van der Waals surface area contributed by atoms with Crippen molar-refractivity contribution in [3.63, 3.8) is 0 Å². The van der Waals surface area contributed by atoms with Crippen molar-refractivity contribution in [2.45, 2.75) is 49.8 Å². The van der Waals surface area contributed by atoms with E-state index >= 15 is 0 Å². The first-order chi connectivity index (χ1) is 13.4. The van der Waals surface area contributed by atoms with Crippen molar-refractivity contribution in [2.75, 3.05) is 13.1 Å². The van der Waals surface area contributed by atoms with Crippen LogP contribution in [0, 0.1) is 17.8 Å². The quantitative estimate of drug-likeness (QED) is 0.720. The van der Waals surface area contributed by atoms with Gasteiger partial charge in [0.05, 0.1) is 16.5 Å². The number of hydrogen-bond acceptors (Lipinski definition) is 4. The van der Waals surface area contributed by atoms with Crippen LogP contribution >= 0.6 is 0 Å². The molecule has 4 atom stereocenters. The highest BCUT2D eigenvalue weighted by atomic mass is 32.2. The molecule has 3 rings (SSSR count). The lowest BCUT2D eigenvalue weighted by molar-refractivity contribution is -0.137. The number of rotatable bonds is 6. The molecule has 10 heteroatoms. The maximum atomic E-state index is 12.9. The van der Waals surface area contributed by atoms with Crippen molar-refractivity contribution >= 4 is 15.9 Å². The molecule has 162 valence electrons. The second kappa shape index (κ2) is 7.88. The van der Waals surface area contributed by atoms with Crippen LogP contribution in [0.5, 0.6) is 0 Å². The van der Waals surface area contributed by atoms with Crippen LogP contribution in [0.3, 0.4) is 0 Å². The molecule has 0 unspecified atom stereocenters. The predicted molar refractivity (Wildman–Crippen MR) is 101 cm³/mol. The largest absolute Gasteiger partial charge is 0.416 e. The number of carbonyl (C=O) groups excluding carboxylic acids is 1. The number of benzene rings is 1. The Morgan fingerprint density at radius 1 is 1.17 bits per heavy atom. The summed E-state index contributed by atoms with van der Waals surface area (Å²) in [5, 5.41) is 3.30. The summed E-state index contributed by atoms with van der Waals surface area (Å²) in [4.78, 5) is 11.6. The number of sulfonamides is 1. The fourth-order valence-electron chi connectivity index (χ4n) is 4.43. The summed E-state index contributed by atoms with van der Waals surface area (Å²) in [5.41, 5.74) is 4.60. The van der Waals surface area contributed by atoms with Gasteiger partial charge in [-0.15, -0.1) is 0 Å². The van der Waals surface area contributed by atoms with Gasteiger partial charge < -0.3 is 11.1 Å². The van der Waals surface area contributed by atoms with Crippen LogP contribution in [-0.4, -0.2) is 43.8 Å². The molecular formula is C19H26F3N3O3S. The molecule has 1 aromatic rings. The SMILES string of the molecule is CC(C)[C@H](N[C@H]1CC[C@@H]2CN(S(=O)(=O)c3ccc(C(F)(F)F)cc3)C[C@@H]21)C(N)=O. The molecule has 0 aromatic heterocycles. The van der Waals surface area contributed by atoms with Gasteiger partial charge in [0.25, 0.3) is 0 Å². The fourth-order valence-corrected chi connectivity index (χ4v) is 5.96. The van der Waals surface area contributed by atoms with Crippen LogP contribution in [0.1, 0.15) is 32.3 Å². The second-order valence-electron chi connectivity index (χ2n) is 8.24. The lowest BCUT2D eigenvalue weighted by Gasteiger charge is -2.27. The molecular weight excluding hydrogens is 407 g/mol. The van der Waals surface area contributed by atoms with Crippen LogP contribution in [0.4, 0.5) is 13.2 Å². The topological polar surface area (TPSA) is 92.5 Å². The van der Waals surface area contributed by atoms with Crippen LogP contribution in [0.2, 0.25) is 0 Å². The molecule has 0 radical (unpaired) electrons. The molecule has 1 aliphatic heterocycles. The number of hydrogen-bond donors (Lipinski definition) is 2. The number of halogens is 3. The average Bonchev–Trinajstić information content (AvgIpc) is 3.20. The van der Waals surface area contributed by atoms with Gasteiger partial charge in [-0.2, -0.15) is 17.5 Å². The van der Waals surface area contributed by atoms with E-state index in [9.17, 15) is 26.4 Å². The van der Waals surface area contributed by atoms with E-state index < -0.39 is 33.7 Å². The summed E-state index contributed by atoms with van der Waals surface area (Å²) in [6.07, 6.45) is -2.86. The third-order valence-electron chi connectivity index (χ3n) is 6.01. The van der Waals surface area contributed by atoms with Gasteiger partial charge in [0, 0.05) is 19.1 Å². The first kappa shape index (κ1) is 22.0. The molecule has 0 spiro atoms. The van der Waals surface area contributed by atoms with Gasteiger partial charge >= 0.3 is 6.18 Å². The molecule has 1 saturated carbocycles. The highest BCUT2D eigenvalue weighted by molar-refractivity contribution is 7.89. The maximum Gasteiger partial charge on any atom is 0.416 e. The first-order valence-electron chi connectivity index (χ1n) is 9.64. The summed E-state index contributed by atoms with van der Waals surface area (Å²) >= 11 is 0. The van der Waals surface area contributed by atoms with Crippen molar-refractivity contribution in [3.05, 3.63) is 29.8 Å². The Morgan fingerprint density at radius 2 is 1.79 bits per heavy atom. The van der Waals surface area contributed by atoms with Gasteiger partial charge in [-0.1, -0.05) is 13.8 Å². The zero-order valence-electron chi connectivity index (χ0n) is 16.3. The van der Waals surface area contributed by atoms with Gasteiger partial charge in [0.2, 0.25) is 15.9 Å². The summed E-state index contributed by atoms with van der Waals surface area (Å²) in [6.45, 7) is 4.39. The van der Waals surface area contributed by atoms with Gasteiger partial charge in [-0.3, -0.25) is 4.79 Å². The van der Waals surface area contributed by atoms with E-state index in [1.165, 1.54) is 4.31 Å². The average molecular weight is 433 g/mol. The fraction of sp³-hybridized carbons (Fsp3) is 0.632.